The van der Waals surface area contributed by atoms with E-state index in [-0.39, 0.29) is 34.3 Å². The first-order valence-electron chi connectivity index (χ1n) is 29.0. The molecule has 4 aliphatic rings. The van der Waals surface area contributed by atoms with Crippen molar-refractivity contribution >= 4 is 121 Å². The topological polar surface area (TPSA) is 133 Å². The smallest absolute Gasteiger partial charge is 0.260 e. The number of hydrogen-bond donors (Lipinski definition) is 0. The highest BCUT2D eigenvalue weighted by molar-refractivity contribution is 7.91. The molecular formula is C74H39B2N5O6S. The fourth-order valence-corrected chi connectivity index (χ4v) is 16.2. The molecule has 14 heteroatoms. The van der Waals surface area contributed by atoms with E-state index in [2.05, 4.69) is 153 Å². The highest BCUT2D eigenvalue weighted by atomic mass is 32.2. The number of rotatable bonds is 5. The highest BCUT2D eigenvalue weighted by Gasteiger charge is 2.43. The monoisotopic (exact) mass is 1150 g/mol. The molecule has 0 amide bonds. The number of benzene rings is 12. The molecule has 15 aromatic rings. The highest BCUT2D eigenvalue weighted by Crippen LogP contribution is 2.52. The van der Waals surface area contributed by atoms with Crippen molar-refractivity contribution in [1.29, 1.82) is 10.5 Å². The molecule has 0 N–H and O–H groups in total. The first-order chi connectivity index (χ1) is 43.3. The summed E-state index contributed by atoms with van der Waals surface area (Å²) in [5.41, 5.74) is 14.2. The van der Waals surface area contributed by atoms with E-state index < -0.39 is 9.84 Å². The van der Waals surface area contributed by atoms with Gasteiger partial charge in [0.15, 0.2) is 0 Å². The Balaban J connectivity index is 0.955. The number of aromatic nitrogens is 3. The van der Waals surface area contributed by atoms with Crippen LogP contribution in [0.3, 0.4) is 0 Å². The number of nitrogens with zero attached hydrogens (tertiary/aromatic N) is 5. The molecule has 19 rings (SSSR count). The zero-order valence-corrected chi connectivity index (χ0v) is 47.1. The van der Waals surface area contributed by atoms with Crippen LogP contribution in [0.1, 0.15) is 11.1 Å². The minimum Gasteiger partial charge on any atom is -0.458 e. The molecule has 12 aromatic carbocycles. The molecule has 11 nitrogen and oxygen atoms in total. The second-order valence-corrected chi connectivity index (χ2v) is 24.7. The number of fused-ring (bicyclic) bond motifs is 20. The Hall–Kier alpha value is -11.7. The van der Waals surface area contributed by atoms with E-state index in [0.717, 1.165) is 133 Å². The molecule has 408 valence electrons. The first kappa shape index (κ1) is 48.7. The lowest BCUT2D eigenvalue weighted by atomic mass is 9.35. The quantitative estimate of drug-likeness (QED) is 0.156. The maximum absolute atomic E-state index is 14.6. The Kier molecular flexibility index (Phi) is 9.78. The lowest BCUT2D eigenvalue weighted by Crippen LogP contribution is -2.57. The molecule has 0 radical (unpaired) electrons. The molecule has 88 heavy (non-hydrogen) atoms. The summed E-state index contributed by atoms with van der Waals surface area (Å²) in [7, 11) is -4.28. The van der Waals surface area contributed by atoms with E-state index in [4.69, 9.17) is 18.9 Å². The minimum absolute atomic E-state index is 0.0190. The van der Waals surface area contributed by atoms with E-state index >= 15 is 0 Å². The zero-order valence-electron chi connectivity index (χ0n) is 46.3. The van der Waals surface area contributed by atoms with Gasteiger partial charge < -0.3 is 32.6 Å². The van der Waals surface area contributed by atoms with Gasteiger partial charge in [-0.3, -0.25) is 0 Å². The fraction of sp³-hybridized carbons (Fsp3) is 0. The molecule has 0 saturated carbocycles. The number of ether oxygens (including phenoxy) is 4. The van der Waals surface area contributed by atoms with Gasteiger partial charge in [0.1, 0.15) is 52.1 Å². The van der Waals surface area contributed by atoms with Crippen LogP contribution >= 0.6 is 0 Å². The zero-order chi connectivity index (χ0) is 58.3. The molecule has 3 aromatic heterocycles. The molecule has 0 bridgehead atoms. The molecular weight excluding hydrogens is 1110 g/mol. The first-order valence-corrected chi connectivity index (χ1v) is 30.5. The summed E-state index contributed by atoms with van der Waals surface area (Å²) < 4.78 is 64.3. The van der Waals surface area contributed by atoms with Crippen molar-refractivity contribution in [3.05, 3.63) is 248 Å². The van der Waals surface area contributed by atoms with E-state index in [1.54, 1.807) is 12.1 Å². The number of para-hydroxylation sites is 7. The average Bonchev–Trinajstić information content (AvgIpc) is 1.66. The Morgan fingerprint density at radius 1 is 0.352 bits per heavy atom. The summed E-state index contributed by atoms with van der Waals surface area (Å²) >= 11 is 0. The predicted octanol–water partition coefficient (Wildman–Crippen LogP) is 13.0. The van der Waals surface area contributed by atoms with Crippen LogP contribution in [0.5, 0.6) is 46.0 Å². The van der Waals surface area contributed by atoms with Crippen molar-refractivity contribution in [2.75, 3.05) is 0 Å². The summed E-state index contributed by atoms with van der Waals surface area (Å²) in [5.74, 6) is 5.95. The third-order valence-corrected chi connectivity index (χ3v) is 20.1. The van der Waals surface area contributed by atoms with Gasteiger partial charge in [0, 0.05) is 73.2 Å². The van der Waals surface area contributed by atoms with Crippen LogP contribution in [0.15, 0.2) is 246 Å². The van der Waals surface area contributed by atoms with Crippen molar-refractivity contribution in [3.8, 4) is 75.2 Å². The molecule has 0 fully saturated rings. The number of nitriles is 2. The third kappa shape index (κ3) is 6.48. The Morgan fingerprint density at radius 3 is 1.08 bits per heavy atom. The minimum atomic E-state index is -4.28. The van der Waals surface area contributed by atoms with Gasteiger partial charge in [0.05, 0.1) is 71.5 Å². The van der Waals surface area contributed by atoms with Gasteiger partial charge >= 0.3 is 0 Å². The number of sulfone groups is 1. The van der Waals surface area contributed by atoms with Crippen LogP contribution in [0.4, 0.5) is 0 Å². The second-order valence-electron chi connectivity index (χ2n) is 22.8. The van der Waals surface area contributed by atoms with Gasteiger partial charge in [0.2, 0.25) is 9.84 Å². The maximum atomic E-state index is 14.6. The van der Waals surface area contributed by atoms with Crippen LogP contribution in [0.2, 0.25) is 0 Å². The maximum Gasteiger partial charge on any atom is 0.260 e. The van der Waals surface area contributed by atoms with Gasteiger partial charge in [0.25, 0.3) is 13.4 Å². The van der Waals surface area contributed by atoms with E-state index in [9.17, 15) is 18.9 Å². The van der Waals surface area contributed by atoms with Gasteiger partial charge in [-0.25, -0.2) is 8.42 Å². The standard InChI is InChI=1S/C74H39B2N5O6S/c77-40-42-29-30-43(41-78)66(35-42)88(82,83)47-33-31-44(32-34-47)79-55-22-8-1-15-48(55)67-72(79)68-49-16-2-9-23-56(49)80(45-36-62-70-63(37-45)85-59-26-12-5-19-52(59)75(70)51-18-4-11-25-58(51)84-62)74(68)69-50-17-3-10-24-57(50)81(73(67)69)46-38-64-71-65(39-46)87-61-28-14-7-21-54(61)76(71)53-20-6-13-27-60(53)86-64/h1-39H. The van der Waals surface area contributed by atoms with E-state index in [1.165, 1.54) is 18.2 Å². The van der Waals surface area contributed by atoms with Gasteiger partial charge in [-0.2, -0.15) is 10.5 Å². The molecule has 7 heterocycles. The van der Waals surface area contributed by atoms with Crippen LogP contribution in [0, 0.1) is 22.7 Å². The predicted molar refractivity (Wildman–Crippen MR) is 346 cm³/mol. The van der Waals surface area contributed by atoms with Crippen molar-refractivity contribution in [1.82, 2.24) is 13.7 Å². The molecule has 0 unspecified atom stereocenters. The third-order valence-electron chi connectivity index (χ3n) is 18.3. The van der Waals surface area contributed by atoms with Crippen LogP contribution in [0.25, 0.3) is 82.5 Å². The van der Waals surface area contributed by atoms with Crippen LogP contribution in [-0.2, 0) is 9.84 Å². The second kappa shape index (κ2) is 17.7. The Bertz CT molecular complexity index is 5590. The lowest BCUT2D eigenvalue weighted by molar-refractivity contribution is 0.463. The van der Waals surface area contributed by atoms with Crippen molar-refractivity contribution in [2.24, 2.45) is 0 Å². The molecule has 4 aliphatic heterocycles. The summed E-state index contributed by atoms with van der Waals surface area (Å²) in [6.07, 6.45) is 0. The summed E-state index contributed by atoms with van der Waals surface area (Å²) in [5, 5.41) is 25.8. The van der Waals surface area contributed by atoms with E-state index in [1.807, 2.05) is 78.9 Å². The van der Waals surface area contributed by atoms with Crippen molar-refractivity contribution in [2.45, 2.75) is 9.79 Å². The van der Waals surface area contributed by atoms with E-state index in [0.29, 0.717) is 28.7 Å². The van der Waals surface area contributed by atoms with Crippen molar-refractivity contribution < 1.29 is 27.4 Å². The van der Waals surface area contributed by atoms with Gasteiger partial charge in [-0.1, -0.05) is 127 Å². The Labute approximate surface area is 502 Å². The van der Waals surface area contributed by atoms with Crippen LogP contribution < -0.4 is 51.7 Å². The molecule has 0 spiro atoms. The SMILES string of the molecule is N#Cc1ccc(C#N)c(S(=O)(=O)c2ccc(-n3c4ccccc4c4c3c3c5ccccc5n(-c5cc6c7c(c5)Oc5ccccc5B7c5ccccc5O6)c3c3c5ccccc5n(-c5cc6c7c(c5)Oc5ccccc5B7c5ccccc5O6)c43)cc2)c1. The largest absolute Gasteiger partial charge is 0.458 e. The fourth-order valence-electron chi connectivity index (χ4n) is 14.8. The van der Waals surface area contributed by atoms with Crippen molar-refractivity contribution in [3.63, 3.8) is 0 Å². The van der Waals surface area contributed by atoms with Gasteiger partial charge in [-0.15, -0.1) is 0 Å². The summed E-state index contributed by atoms with van der Waals surface area (Å²) in [6.45, 7) is -0.256. The molecule has 0 saturated heterocycles. The normalized spacial score (nSPS) is 13.2. The number of hydrogen-bond acceptors (Lipinski definition) is 8. The molecule has 0 atom stereocenters. The van der Waals surface area contributed by atoms with Gasteiger partial charge in [-0.05, 0) is 107 Å². The summed E-state index contributed by atoms with van der Waals surface area (Å²) in [6, 6.07) is 82.2. The lowest BCUT2D eigenvalue weighted by Gasteiger charge is -2.33. The van der Waals surface area contributed by atoms with Crippen LogP contribution in [-0.4, -0.2) is 35.5 Å². The Morgan fingerprint density at radius 2 is 0.705 bits per heavy atom. The summed E-state index contributed by atoms with van der Waals surface area (Å²) in [4.78, 5) is -0.245. The average molecular weight is 1150 g/mol. The molecule has 0 aliphatic carbocycles.